The second-order valence-corrected chi connectivity index (χ2v) is 8.27. The summed E-state index contributed by atoms with van der Waals surface area (Å²) in [7, 11) is 0. The average Bonchev–Trinajstić information content (AvgIpc) is 3.38. The molecular weight excluding hydrogens is 410 g/mol. The Balaban J connectivity index is 1.61. The first kappa shape index (κ1) is 22.0. The Morgan fingerprint density at radius 1 is 1.09 bits per heavy atom. The minimum atomic E-state index is -0.804. The standard InChI is InChI=1S/C25H27NO6/c1-25(2)30-17-21(32-25)23(20-13-14-22(27)31-20)26(15-18-9-5-3-6-10-18)24(28)29-16-19-11-7-4-8-12-19/h3-14,20-21,23H,15-17H2,1-2H3/t20-,21+,23-/m0/s1. The van der Waals surface area contributed by atoms with Crippen molar-refractivity contribution in [2.24, 2.45) is 0 Å². The van der Waals surface area contributed by atoms with Gasteiger partial charge in [0.05, 0.1) is 6.61 Å². The molecule has 0 radical (unpaired) electrons. The second kappa shape index (κ2) is 9.54. The Kier molecular flexibility index (Phi) is 6.58. The van der Waals surface area contributed by atoms with E-state index in [2.05, 4.69) is 0 Å². The molecule has 0 spiro atoms. The van der Waals surface area contributed by atoms with Gasteiger partial charge >= 0.3 is 12.1 Å². The molecule has 2 aromatic carbocycles. The molecule has 0 aliphatic carbocycles. The van der Waals surface area contributed by atoms with Crippen LogP contribution in [-0.2, 0) is 36.9 Å². The largest absolute Gasteiger partial charge is 0.453 e. The fourth-order valence-corrected chi connectivity index (χ4v) is 3.92. The highest BCUT2D eigenvalue weighted by Crippen LogP contribution is 2.31. The van der Waals surface area contributed by atoms with Gasteiger partial charge in [-0.2, -0.15) is 0 Å². The van der Waals surface area contributed by atoms with Gasteiger partial charge in [0.2, 0.25) is 0 Å². The van der Waals surface area contributed by atoms with Crippen molar-refractivity contribution in [1.29, 1.82) is 0 Å². The van der Waals surface area contributed by atoms with E-state index in [1.54, 1.807) is 11.0 Å². The normalized spacial score (nSPS) is 22.4. The van der Waals surface area contributed by atoms with Crippen molar-refractivity contribution in [2.45, 2.75) is 51.0 Å². The average molecular weight is 437 g/mol. The van der Waals surface area contributed by atoms with Gasteiger partial charge in [-0.1, -0.05) is 60.7 Å². The summed E-state index contributed by atoms with van der Waals surface area (Å²) < 4.78 is 23.0. The van der Waals surface area contributed by atoms with Gasteiger partial charge in [-0.3, -0.25) is 4.90 Å². The lowest BCUT2D eigenvalue weighted by atomic mass is 10.0. The third kappa shape index (κ3) is 5.36. The summed E-state index contributed by atoms with van der Waals surface area (Å²) in [6.07, 6.45) is 1.34. The van der Waals surface area contributed by atoms with Crippen LogP contribution in [0.3, 0.4) is 0 Å². The lowest BCUT2D eigenvalue weighted by Gasteiger charge is -2.36. The molecule has 2 aromatic rings. The Morgan fingerprint density at radius 3 is 2.31 bits per heavy atom. The molecule has 0 saturated carbocycles. The quantitative estimate of drug-likeness (QED) is 0.613. The summed E-state index contributed by atoms with van der Waals surface area (Å²) in [5, 5.41) is 0. The highest BCUT2D eigenvalue weighted by Gasteiger charge is 2.46. The highest BCUT2D eigenvalue weighted by molar-refractivity contribution is 5.84. The summed E-state index contributed by atoms with van der Waals surface area (Å²) in [5.41, 5.74) is 1.80. The van der Waals surface area contributed by atoms with E-state index in [9.17, 15) is 9.59 Å². The van der Waals surface area contributed by atoms with Crippen LogP contribution in [0.15, 0.2) is 72.8 Å². The minimum absolute atomic E-state index is 0.130. The molecule has 0 bridgehead atoms. The lowest BCUT2D eigenvalue weighted by molar-refractivity contribution is -0.157. The van der Waals surface area contributed by atoms with Crippen molar-refractivity contribution < 1.29 is 28.5 Å². The summed E-state index contributed by atoms with van der Waals surface area (Å²) in [5.74, 6) is -1.25. The van der Waals surface area contributed by atoms with Crippen LogP contribution < -0.4 is 0 Å². The van der Waals surface area contributed by atoms with Crippen LogP contribution in [0.1, 0.15) is 25.0 Å². The molecule has 2 heterocycles. The molecule has 7 heteroatoms. The van der Waals surface area contributed by atoms with Gasteiger partial charge in [0.25, 0.3) is 0 Å². The van der Waals surface area contributed by atoms with Crippen molar-refractivity contribution in [2.75, 3.05) is 6.61 Å². The number of carbonyl (C=O) groups excluding carboxylic acids is 2. The third-order valence-electron chi connectivity index (χ3n) is 5.42. The summed E-state index contributed by atoms with van der Waals surface area (Å²) in [4.78, 5) is 26.8. The van der Waals surface area contributed by atoms with Gasteiger partial charge in [0.15, 0.2) is 5.79 Å². The predicted molar refractivity (Wildman–Crippen MR) is 116 cm³/mol. The van der Waals surface area contributed by atoms with Gasteiger partial charge in [-0.15, -0.1) is 0 Å². The summed E-state index contributed by atoms with van der Waals surface area (Å²) in [6.45, 7) is 4.29. The molecule has 32 heavy (non-hydrogen) atoms. The van der Waals surface area contributed by atoms with Gasteiger partial charge in [-0.05, 0) is 31.1 Å². The molecule has 7 nitrogen and oxygen atoms in total. The van der Waals surface area contributed by atoms with Crippen LogP contribution >= 0.6 is 0 Å². The molecule has 1 fully saturated rings. The zero-order chi connectivity index (χ0) is 22.6. The number of carbonyl (C=O) groups is 2. The minimum Gasteiger partial charge on any atom is -0.453 e. The van der Waals surface area contributed by atoms with Crippen molar-refractivity contribution in [3.05, 3.63) is 83.9 Å². The molecule has 168 valence electrons. The Morgan fingerprint density at radius 2 is 1.75 bits per heavy atom. The maximum Gasteiger partial charge on any atom is 0.410 e. The maximum atomic E-state index is 13.4. The summed E-state index contributed by atoms with van der Waals surface area (Å²) in [6, 6.07) is 18.4. The van der Waals surface area contributed by atoms with E-state index in [-0.39, 0.29) is 19.8 Å². The first-order chi connectivity index (χ1) is 15.4. The van der Waals surface area contributed by atoms with Crippen molar-refractivity contribution in [1.82, 2.24) is 4.90 Å². The first-order valence-electron chi connectivity index (χ1n) is 10.6. The molecular formula is C25H27NO6. The number of hydrogen-bond acceptors (Lipinski definition) is 6. The highest BCUT2D eigenvalue weighted by atomic mass is 16.7. The van der Waals surface area contributed by atoms with Crippen LogP contribution in [-0.4, -0.2) is 47.6 Å². The monoisotopic (exact) mass is 437 g/mol. The number of hydrogen-bond donors (Lipinski definition) is 0. The van der Waals surface area contributed by atoms with E-state index in [1.165, 1.54) is 6.08 Å². The Hall–Kier alpha value is -3.16. The van der Waals surface area contributed by atoms with Crippen molar-refractivity contribution in [3.8, 4) is 0 Å². The molecule has 0 aromatic heterocycles. The zero-order valence-corrected chi connectivity index (χ0v) is 18.2. The van der Waals surface area contributed by atoms with Crippen molar-refractivity contribution >= 4 is 12.1 Å². The smallest absolute Gasteiger partial charge is 0.410 e. The predicted octanol–water partition coefficient (Wildman–Crippen LogP) is 3.83. The maximum absolute atomic E-state index is 13.4. The van der Waals surface area contributed by atoms with Gasteiger partial charge in [0.1, 0.15) is 24.9 Å². The zero-order valence-electron chi connectivity index (χ0n) is 18.2. The molecule has 4 rings (SSSR count). The van der Waals surface area contributed by atoms with Crippen molar-refractivity contribution in [3.63, 3.8) is 0 Å². The van der Waals surface area contributed by atoms with E-state index in [4.69, 9.17) is 18.9 Å². The van der Waals surface area contributed by atoms with E-state index in [0.717, 1.165) is 11.1 Å². The van der Waals surface area contributed by atoms with Gasteiger partial charge < -0.3 is 18.9 Å². The molecule has 2 aliphatic rings. The van der Waals surface area contributed by atoms with Crippen LogP contribution in [0.2, 0.25) is 0 Å². The summed E-state index contributed by atoms with van der Waals surface area (Å²) >= 11 is 0. The molecule has 0 N–H and O–H groups in total. The number of esters is 1. The van der Waals surface area contributed by atoms with E-state index < -0.39 is 36.1 Å². The topological polar surface area (TPSA) is 74.3 Å². The van der Waals surface area contributed by atoms with E-state index in [0.29, 0.717) is 0 Å². The molecule has 1 saturated heterocycles. The molecule has 0 unspecified atom stereocenters. The Bertz CT molecular complexity index is 959. The molecule has 1 amide bonds. The Labute approximate surface area is 187 Å². The lowest BCUT2D eigenvalue weighted by Crippen LogP contribution is -2.54. The second-order valence-electron chi connectivity index (χ2n) is 8.27. The first-order valence-corrected chi connectivity index (χ1v) is 10.6. The van der Waals surface area contributed by atoms with E-state index in [1.807, 2.05) is 74.5 Å². The van der Waals surface area contributed by atoms with Gasteiger partial charge in [0, 0.05) is 12.6 Å². The molecule has 2 aliphatic heterocycles. The van der Waals surface area contributed by atoms with Crippen LogP contribution in [0, 0.1) is 0 Å². The number of benzene rings is 2. The van der Waals surface area contributed by atoms with Gasteiger partial charge in [-0.25, -0.2) is 9.59 Å². The fraction of sp³-hybridized carbons (Fsp3) is 0.360. The fourth-order valence-electron chi connectivity index (χ4n) is 3.92. The third-order valence-corrected chi connectivity index (χ3v) is 5.42. The van der Waals surface area contributed by atoms with Crippen LogP contribution in [0.5, 0.6) is 0 Å². The van der Waals surface area contributed by atoms with Crippen LogP contribution in [0.4, 0.5) is 4.79 Å². The number of cyclic esters (lactones) is 1. The SMILES string of the molecule is CC1(C)OC[C@H]([C@H]([C@@H]2C=CC(=O)O2)N(Cc2ccccc2)C(=O)OCc2ccccc2)O1. The van der Waals surface area contributed by atoms with Crippen LogP contribution in [0.25, 0.3) is 0 Å². The van der Waals surface area contributed by atoms with E-state index >= 15 is 0 Å². The molecule has 3 atom stereocenters. The number of amides is 1. The number of rotatable bonds is 7. The number of nitrogens with zero attached hydrogens (tertiary/aromatic N) is 1. The number of ether oxygens (including phenoxy) is 4.